The van der Waals surface area contributed by atoms with Gasteiger partial charge in [0.25, 0.3) is 0 Å². The van der Waals surface area contributed by atoms with E-state index in [1.54, 1.807) is 0 Å². The summed E-state index contributed by atoms with van der Waals surface area (Å²) in [6.07, 6.45) is -0.503. The molecule has 0 amide bonds. The third-order valence-electron chi connectivity index (χ3n) is 2.83. The predicted molar refractivity (Wildman–Crippen MR) is 70.0 cm³/mol. The number of aryl methyl sites for hydroxylation is 1. The van der Waals surface area contributed by atoms with Crippen molar-refractivity contribution in [3.63, 3.8) is 0 Å². The lowest BCUT2D eigenvalue weighted by molar-refractivity contribution is 0.203. The Morgan fingerprint density at radius 1 is 1.11 bits per heavy atom. The number of rotatable bonds is 4. The number of benzene rings is 2. The third kappa shape index (κ3) is 3.29. The molecule has 0 saturated heterocycles. The van der Waals surface area contributed by atoms with Crippen LogP contribution in [-0.4, -0.2) is 6.54 Å². The number of hydrogen-bond donors (Lipinski definition) is 1. The minimum atomic E-state index is -0.605. The highest BCUT2D eigenvalue weighted by Crippen LogP contribution is 2.25. The van der Waals surface area contributed by atoms with Crippen molar-refractivity contribution in [2.24, 2.45) is 5.73 Å². The monoisotopic (exact) mass is 263 g/mol. The largest absolute Gasteiger partial charge is 0.481 e. The van der Waals surface area contributed by atoms with Crippen LogP contribution in [0.3, 0.4) is 0 Å². The lowest BCUT2D eigenvalue weighted by Crippen LogP contribution is -2.19. The van der Waals surface area contributed by atoms with E-state index >= 15 is 0 Å². The lowest BCUT2D eigenvalue weighted by atomic mass is 10.1. The number of hydrogen-bond acceptors (Lipinski definition) is 2. The summed E-state index contributed by atoms with van der Waals surface area (Å²) in [5.74, 6) is -1.28. The molecule has 0 bridgehead atoms. The van der Waals surface area contributed by atoms with E-state index in [0.29, 0.717) is 0 Å². The SMILES string of the molecule is Cc1ccc(C(CN)Oc2cc(F)ccc2F)cc1. The summed E-state index contributed by atoms with van der Waals surface area (Å²) in [7, 11) is 0. The highest BCUT2D eigenvalue weighted by Gasteiger charge is 2.14. The molecule has 0 aliphatic heterocycles. The second kappa shape index (κ2) is 5.80. The second-order valence-corrected chi connectivity index (χ2v) is 4.33. The van der Waals surface area contributed by atoms with Crippen LogP contribution in [0.5, 0.6) is 5.75 Å². The molecule has 0 fully saturated rings. The highest BCUT2D eigenvalue weighted by atomic mass is 19.1. The minimum absolute atomic E-state index is 0.129. The average Bonchev–Trinajstić information content (AvgIpc) is 2.41. The molecule has 0 aliphatic rings. The van der Waals surface area contributed by atoms with Gasteiger partial charge >= 0.3 is 0 Å². The molecule has 2 N–H and O–H groups in total. The van der Waals surface area contributed by atoms with E-state index in [1.165, 1.54) is 0 Å². The molecule has 0 radical (unpaired) electrons. The zero-order valence-corrected chi connectivity index (χ0v) is 10.6. The Kier molecular flexibility index (Phi) is 4.12. The average molecular weight is 263 g/mol. The first-order valence-electron chi connectivity index (χ1n) is 5.98. The molecule has 2 rings (SSSR count). The maximum absolute atomic E-state index is 13.5. The molecule has 0 aromatic heterocycles. The van der Waals surface area contributed by atoms with E-state index in [1.807, 2.05) is 31.2 Å². The summed E-state index contributed by atoms with van der Waals surface area (Å²) >= 11 is 0. The van der Waals surface area contributed by atoms with Crippen LogP contribution in [0.25, 0.3) is 0 Å². The van der Waals surface area contributed by atoms with E-state index in [4.69, 9.17) is 10.5 Å². The summed E-state index contributed by atoms with van der Waals surface area (Å²) in [5, 5.41) is 0. The van der Waals surface area contributed by atoms with Crippen LogP contribution < -0.4 is 10.5 Å². The first-order chi connectivity index (χ1) is 9.10. The summed E-state index contributed by atoms with van der Waals surface area (Å²) < 4.78 is 32.1. The zero-order valence-electron chi connectivity index (χ0n) is 10.6. The minimum Gasteiger partial charge on any atom is -0.481 e. The fraction of sp³-hybridized carbons (Fsp3) is 0.200. The topological polar surface area (TPSA) is 35.2 Å². The standard InChI is InChI=1S/C15H15F2NO/c1-10-2-4-11(5-3-10)15(9-18)19-14-8-12(16)6-7-13(14)17/h2-8,15H,9,18H2,1H3. The molecular weight excluding hydrogens is 248 g/mol. The molecule has 0 saturated carbocycles. The maximum atomic E-state index is 13.5. The van der Waals surface area contributed by atoms with Crippen LogP contribution >= 0.6 is 0 Å². The number of halogens is 2. The highest BCUT2D eigenvalue weighted by molar-refractivity contribution is 5.28. The van der Waals surface area contributed by atoms with Gasteiger partial charge in [0.1, 0.15) is 11.9 Å². The maximum Gasteiger partial charge on any atom is 0.165 e. The van der Waals surface area contributed by atoms with Crippen molar-refractivity contribution < 1.29 is 13.5 Å². The Morgan fingerprint density at radius 3 is 2.42 bits per heavy atom. The lowest BCUT2D eigenvalue weighted by Gasteiger charge is -2.18. The summed E-state index contributed by atoms with van der Waals surface area (Å²) in [6.45, 7) is 2.15. The normalized spacial score (nSPS) is 12.2. The van der Waals surface area contributed by atoms with Gasteiger partial charge < -0.3 is 10.5 Å². The molecule has 0 aliphatic carbocycles. The van der Waals surface area contributed by atoms with Crippen molar-refractivity contribution >= 4 is 0 Å². The molecule has 1 atom stereocenters. The van der Waals surface area contributed by atoms with Crippen LogP contribution in [-0.2, 0) is 0 Å². The van der Waals surface area contributed by atoms with E-state index < -0.39 is 17.7 Å². The van der Waals surface area contributed by atoms with Gasteiger partial charge in [-0.1, -0.05) is 29.8 Å². The van der Waals surface area contributed by atoms with Crippen molar-refractivity contribution in [3.8, 4) is 5.75 Å². The van der Waals surface area contributed by atoms with Gasteiger partial charge in [-0.2, -0.15) is 0 Å². The molecule has 4 heteroatoms. The van der Waals surface area contributed by atoms with Gasteiger partial charge in [0.15, 0.2) is 11.6 Å². The second-order valence-electron chi connectivity index (χ2n) is 4.33. The first kappa shape index (κ1) is 13.5. The van der Waals surface area contributed by atoms with Crippen molar-refractivity contribution in [1.29, 1.82) is 0 Å². The molecule has 2 aromatic rings. The van der Waals surface area contributed by atoms with Crippen LogP contribution in [0.1, 0.15) is 17.2 Å². The van der Waals surface area contributed by atoms with E-state index in [2.05, 4.69) is 0 Å². The van der Waals surface area contributed by atoms with E-state index in [9.17, 15) is 8.78 Å². The van der Waals surface area contributed by atoms with Gasteiger partial charge in [-0.3, -0.25) is 0 Å². The molecule has 2 nitrogen and oxygen atoms in total. The molecule has 100 valence electrons. The first-order valence-corrected chi connectivity index (χ1v) is 5.98. The number of nitrogens with two attached hydrogens (primary N) is 1. The van der Waals surface area contributed by atoms with Crippen LogP contribution in [0.15, 0.2) is 42.5 Å². The smallest absolute Gasteiger partial charge is 0.165 e. The fourth-order valence-electron chi connectivity index (χ4n) is 1.75. The van der Waals surface area contributed by atoms with Gasteiger partial charge in [-0.25, -0.2) is 8.78 Å². The predicted octanol–water partition coefficient (Wildman–Crippen LogP) is 3.35. The quantitative estimate of drug-likeness (QED) is 0.918. The molecule has 2 aromatic carbocycles. The third-order valence-corrected chi connectivity index (χ3v) is 2.83. The molecule has 0 heterocycles. The Morgan fingerprint density at radius 2 is 1.79 bits per heavy atom. The van der Waals surface area contributed by atoms with Crippen LogP contribution in [0.2, 0.25) is 0 Å². The van der Waals surface area contributed by atoms with Gasteiger partial charge in [0, 0.05) is 12.6 Å². The molecule has 1 unspecified atom stereocenters. The molecule has 0 spiro atoms. The Hall–Kier alpha value is -1.94. The molecule has 19 heavy (non-hydrogen) atoms. The van der Waals surface area contributed by atoms with Gasteiger partial charge in [-0.05, 0) is 24.6 Å². The Bertz CT molecular complexity index is 555. The zero-order chi connectivity index (χ0) is 13.8. The summed E-state index contributed by atoms with van der Waals surface area (Å²) in [5.41, 5.74) is 7.58. The van der Waals surface area contributed by atoms with E-state index in [-0.39, 0.29) is 12.3 Å². The molecular formula is C15H15F2NO. The summed E-state index contributed by atoms with van der Waals surface area (Å²) in [4.78, 5) is 0. The van der Waals surface area contributed by atoms with Gasteiger partial charge in [0.05, 0.1) is 0 Å². The van der Waals surface area contributed by atoms with Crippen molar-refractivity contribution in [1.82, 2.24) is 0 Å². The summed E-state index contributed by atoms with van der Waals surface area (Å²) in [6, 6.07) is 10.7. The Labute approximate surface area is 110 Å². The van der Waals surface area contributed by atoms with Gasteiger partial charge in [0.2, 0.25) is 0 Å². The van der Waals surface area contributed by atoms with Gasteiger partial charge in [-0.15, -0.1) is 0 Å². The van der Waals surface area contributed by atoms with Crippen molar-refractivity contribution in [3.05, 3.63) is 65.2 Å². The van der Waals surface area contributed by atoms with Crippen molar-refractivity contribution in [2.45, 2.75) is 13.0 Å². The van der Waals surface area contributed by atoms with Crippen LogP contribution in [0, 0.1) is 18.6 Å². The Balaban J connectivity index is 2.23. The fourth-order valence-corrected chi connectivity index (χ4v) is 1.75. The van der Waals surface area contributed by atoms with E-state index in [0.717, 1.165) is 29.3 Å². The van der Waals surface area contributed by atoms with Crippen LogP contribution in [0.4, 0.5) is 8.78 Å². The van der Waals surface area contributed by atoms with Crippen molar-refractivity contribution in [2.75, 3.05) is 6.54 Å². The number of ether oxygens (including phenoxy) is 1.